The van der Waals surface area contributed by atoms with E-state index in [1.807, 2.05) is 25.1 Å². The molecule has 0 radical (unpaired) electrons. The van der Waals surface area contributed by atoms with Gasteiger partial charge in [-0.1, -0.05) is 37.3 Å². The molecule has 0 atom stereocenters. The predicted octanol–water partition coefficient (Wildman–Crippen LogP) is 3.05. The summed E-state index contributed by atoms with van der Waals surface area (Å²) in [4.78, 5) is 27.8. The fourth-order valence-electron chi connectivity index (χ4n) is 1.84. The highest BCUT2D eigenvalue weighted by atomic mass is 16.1. The molecule has 0 saturated heterocycles. The van der Waals surface area contributed by atoms with Crippen molar-refractivity contribution in [2.24, 2.45) is 0 Å². The molecule has 1 N–H and O–H groups in total. The van der Waals surface area contributed by atoms with E-state index >= 15 is 0 Å². The first-order chi connectivity index (χ1) is 9.70. The fourth-order valence-corrected chi connectivity index (χ4v) is 1.84. The highest BCUT2D eigenvalue weighted by Crippen LogP contribution is 2.13. The SMILES string of the molecule is CCCC(=O)Nc1cncc(C(=O)c2ccccc2)c1. The fraction of sp³-hybridized carbons (Fsp3) is 0.188. The Bertz CT molecular complexity index is 609. The first kappa shape index (κ1) is 13.9. The van der Waals surface area contributed by atoms with Crippen LogP contribution in [-0.4, -0.2) is 16.7 Å². The second kappa shape index (κ2) is 6.61. The van der Waals surface area contributed by atoms with E-state index in [1.165, 1.54) is 12.4 Å². The average Bonchev–Trinajstić information content (AvgIpc) is 2.48. The third kappa shape index (κ3) is 3.51. The van der Waals surface area contributed by atoms with Gasteiger partial charge >= 0.3 is 0 Å². The van der Waals surface area contributed by atoms with E-state index in [9.17, 15) is 9.59 Å². The number of rotatable bonds is 5. The lowest BCUT2D eigenvalue weighted by Gasteiger charge is -2.06. The molecule has 0 spiro atoms. The van der Waals surface area contributed by atoms with E-state index < -0.39 is 0 Å². The van der Waals surface area contributed by atoms with Gasteiger partial charge in [0.05, 0.1) is 11.9 Å². The standard InChI is InChI=1S/C16H16N2O2/c1-2-6-15(19)18-14-9-13(10-17-11-14)16(20)12-7-4-3-5-8-12/h3-5,7-11H,2,6H2,1H3,(H,18,19). The monoisotopic (exact) mass is 268 g/mol. The van der Waals surface area contributed by atoms with Gasteiger partial charge in [-0.3, -0.25) is 14.6 Å². The number of nitrogens with one attached hydrogen (secondary N) is 1. The van der Waals surface area contributed by atoms with Crippen molar-refractivity contribution in [2.75, 3.05) is 5.32 Å². The van der Waals surface area contributed by atoms with Crippen LogP contribution in [0.15, 0.2) is 48.8 Å². The molecule has 2 aromatic rings. The number of amides is 1. The number of hydrogen-bond acceptors (Lipinski definition) is 3. The number of aromatic nitrogens is 1. The molecule has 0 bridgehead atoms. The normalized spacial score (nSPS) is 10.1. The first-order valence-electron chi connectivity index (χ1n) is 6.55. The van der Waals surface area contributed by atoms with Crippen LogP contribution >= 0.6 is 0 Å². The summed E-state index contributed by atoms with van der Waals surface area (Å²) in [6, 6.07) is 10.6. The average molecular weight is 268 g/mol. The quantitative estimate of drug-likeness (QED) is 0.848. The van der Waals surface area contributed by atoms with Crippen molar-refractivity contribution in [3.63, 3.8) is 0 Å². The van der Waals surface area contributed by atoms with E-state index in [2.05, 4.69) is 10.3 Å². The Labute approximate surface area is 117 Å². The Morgan fingerprint density at radius 2 is 1.85 bits per heavy atom. The van der Waals surface area contributed by atoms with Crippen molar-refractivity contribution >= 4 is 17.4 Å². The molecule has 0 aliphatic carbocycles. The van der Waals surface area contributed by atoms with Gasteiger partial charge in [-0.15, -0.1) is 0 Å². The van der Waals surface area contributed by atoms with Gasteiger partial charge in [-0.2, -0.15) is 0 Å². The highest BCUT2D eigenvalue weighted by Gasteiger charge is 2.10. The third-order valence-electron chi connectivity index (χ3n) is 2.80. The van der Waals surface area contributed by atoms with Crippen molar-refractivity contribution in [3.8, 4) is 0 Å². The molecule has 4 heteroatoms. The van der Waals surface area contributed by atoms with Crippen molar-refractivity contribution in [3.05, 3.63) is 59.9 Å². The molecule has 1 amide bonds. The van der Waals surface area contributed by atoms with Crippen LogP contribution in [-0.2, 0) is 4.79 Å². The second-order valence-corrected chi connectivity index (χ2v) is 4.46. The molecule has 2 rings (SSSR count). The molecule has 20 heavy (non-hydrogen) atoms. The molecular weight excluding hydrogens is 252 g/mol. The van der Waals surface area contributed by atoms with Crippen LogP contribution in [0, 0.1) is 0 Å². The van der Waals surface area contributed by atoms with Crippen molar-refractivity contribution in [1.29, 1.82) is 0 Å². The Morgan fingerprint density at radius 1 is 1.10 bits per heavy atom. The predicted molar refractivity (Wildman–Crippen MR) is 77.6 cm³/mol. The number of ketones is 1. The molecule has 4 nitrogen and oxygen atoms in total. The lowest BCUT2D eigenvalue weighted by Crippen LogP contribution is -2.11. The van der Waals surface area contributed by atoms with Crippen LogP contribution in [0.1, 0.15) is 35.7 Å². The largest absolute Gasteiger partial charge is 0.325 e. The minimum Gasteiger partial charge on any atom is -0.325 e. The minimum atomic E-state index is -0.107. The van der Waals surface area contributed by atoms with Crippen LogP contribution in [0.25, 0.3) is 0 Å². The molecule has 1 aromatic heterocycles. The second-order valence-electron chi connectivity index (χ2n) is 4.46. The lowest BCUT2D eigenvalue weighted by molar-refractivity contribution is -0.116. The van der Waals surface area contributed by atoms with Gasteiger partial charge in [-0.25, -0.2) is 0 Å². The lowest BCUT2D eigenvalue weighted by atomic mass is 10.1. The van der Waals surface area contributed by atoms with Crippen molar-refractivity contribution < 1.29 is 9.59 Å². The Balaban J connectivity index is 2.18. The zero-order chi connectivity index (χ0) is 14.4. The van der Waals surface area contributed by atoms with E-state index in [0.29, 0.717) is 23.2 Å². The number of pyridine rings is 1. The van der Waals surface area contributed by atoms with Crippen LogP contribution < -0.4 is 5.32 Å². The Hall–Kier alpha value is -2.49. The first-order valence-corrected chi connectivity index (χ1v) is 6.55. The minimum absolute atomic E-state index is 0.0707. The summed E-state index contributed by atoms with van der Waals surface area (Å²) in [7, 11) is 0. The molecule has 0 fully saturated rings. The van der Waals surface area contributed by atoms with Gasteiger partial charge in [0, 0.05) is 23.7 Å². The summed E-state index contributed by atoms with van der Waals surface area (Å²) in [5.74, 6) is -0.177. The third-order valence-corrected chi connectivity index (χ3v) is 2.80. The van der Waals surface area contributed by atoms with Gasteiger partial charge in [0.2, 0.25) is 5.91 Å². The molecule has 0 aliphatic rings. The number of anilines is 1. The van der Waals surface area contributed by atoms with Gasteiger partial charge in [0.1, 0.15) is 0 Å². The van der Waals surface area contributed by atoms with Gasteiger partial charge < -0.3 is 5.32 Å². The molecule has 0 saturated carbocycles. The molecule has 1 heterocycles. The topological polar surface area (TPSA) is 59.1 Å². The number of hydrogen-bond donors (Lipinski definition) is 1. The summed E-state index contributed by atoms with van der Waals surface area (Å²) in [6.45, 7) is 1.94. The van der Waals surface area contributed by atoms with E-state index in [1.54, 1.807) is 18.2 Å². The van der Waals surface area contributed by atoms with Gasteiger partial charge in [-0.05, 0) is 12.5 Å². The summed E-state index contributed by atoms with van der Waals surface area (Å²) in [6.07, 6.45) is 4.28. The van der Waals surface area contributed by atoms with Gasteiger partial charge in [0.15, 0.2) is 5.78 Å². The van der Waals surface area contributed by atoms with E-state index in [0.717, 1.165) is 6.42 Å². The number of carbonyl (C=O) groups excluding carboxylic acids is 2. The van der Waals surface area contributed by atoms with E-state index in [-0.39, 0.29) is 11.7 Å². The van der Waals surface area contributed by atoms with Crippen LogP contribution in [0.5, 0.6) is 0 Å². The Kier molecular flexibility index (Phi) is 4.60. The van der Waals surface area contributed by atoms with Crippen LogP contribution in [0.2, 0.25) is 0 Å². The van der Waals surface area contributed by atoms with Crippen molar-refractivity contribution in [1.82, 2.24) is 4.98 Å². The maximum absolute atomic E-state index is 12.3. The number of benzene rings is 1. The van der Waals surface area contributed by atoms with Crippen LogP contribution in [0.3, 0.4) is 0 Å². The maximum Gasteiger partial charge on any atom is 0.224 e. The number of nitrogens with zero attached hydrogens (tertiary/aromatic N) is 1. The summed E-state index contributed by atoms with van der Waals surface area (Å²) < 4.78 is 0. The zero-order valence-corrected chi connectivity index (χ0v) is 11.3. The Morgan fingerprint density at radius 3 is 2.55 bits per heavy atom. The summed E-state index contributed by atoms with van der Waals surface area (Å²) >= 11 is 0. The maximum atomic E-state index is 12.3. The molecule has 0 aliphatic heterocycles. The van der Waals surface area contributed by atoms with Crippen molar-refractivity contribution in [2.45, 2.75) is 19.8 Å². The van der Waals surface area contributed by atoms with Gasteiger partial charge in [0.25, 0.3) is 0 Å². The summed E-state index contributed by atoms with van der Waals surface area (Å²) in [5.41, 5.74) is 1.61. The zero-order valence-electron chi connectivity index (χ0n) is 11.3. The summed E-state index contributed by atoms with van der Waals surface area (Å²) in [5, 5.41) is 2.74. The smallest absolute Gasteiger partial charge is 0.224 e. The number of carbonyl (C=O) groups is 2. The van der Waals surface area contributed by atoms with E-state index in [4.69, 9.17) is 0 Å². The molecule has 0 unspecified atom stereocenters. The van der Waals surface area contributed by atoms with Crippen LogP contribution in [0.4, 0.5) is 5.69 Å². The molecule has 102 valence electrons. The highest BCUT2D eigenvalue weighted by molar-refractivity contribution is 6.09. The molecular formula is C16H16N2O2. The molecule has 1 aromatic carbocycles.